The lowest BCUT2D eigenvalue weighted by Crippen LogP contribution is -2.59. The molecule has 27 heavy (non-hydrogen) atoms. The average Bonchev–Trinajstić information content (AvgIpc) is 2.63. The Bertz CT molecular complexity index is 801. The standard InChI is InChI=1S/C23H29ClO3/c1-4-23-12-11-18-17-8-6-16(26)13-15(17)5-7-19(18)20(23)9-10-21(24)22(23,3)27-14(2)25/h6,8,10,13,18-20,26H,4-5,7,9,11-12H2,1-3H3/t18-,19-,20+,22?,23+/m1/s1. The van der Waals surface area contributed by atoms with Crippen molar-refractivity contribution in [2.24, 2.45) is 17.3 Å². The number of hydrogen-bond donors (Lipinski definition) is 1. The molecule has 4 rings (SSSR count). The number of hydrogen-bond acceptors (Lipinski definition) is 3. The molecular formula is C23H29ClO3. The molecule has 5 atom stereocenters. The fourth-order valence-corrected chi connectivity index (χ4v) is 6.97. The molecule has 0 saturated heterocycles. The van der Waals surface area contributed by atoms with E-state index in [0.717, 1.165) is 38.5 Å². The van der Waals surface area contributed by atoms with E-state index in [-0.39, 0.29) is 11.4 Å². The van der Waals surface area contributed by atoms with E-state index in [1.165, 1.54) is 18.1 Å². The molecule has 4 heteroatoms. The Hall–Kier alpha value is -1.48. The monoisotopic (exact) mass is 388 g/mol. The van der Waals surface area contributed by atoms with E-state index in [1.54, 1.807) is 0 Å². The fourth-order valence-electron chi connectivity index (χ4n) is 6.65. The molecular weight excluding hydrogens is 360 g/mol. The predicted molar refractivity (Wildman–Crippen MR) is 107 cm³/mol. The number of carbonyl (C=O) groups excluding carboxylic acids is 1. The third-order valence-electron chi connectivity index (χ3n) is 7.85. The third kappa shape index (κ3) is 2.65. The largest absolute Gasteiger partial charge is 0.508 e. The summed E-state index contributed by atoms with van der Waals surface area (Å²) < 4.78 is 5.95. The molecule has 3 nitrogen and oxygen atoms in total. The lowest BCUT2D eigenvalue weighted by atomic mass is 9.46. The Morgan fingerprint density at radius 3 is 2.85 bits per heavy atom. The minimum Gasteiger partial charge on any atom is -0.508 e. The van der Waals surface area contributed by atoms with Crippen LogP contribution < -0.4 is 0 Å². The van der Waals surface area contributed by atoms with Gasteiger partial charge in [0.1, 0.15) is 5.75 Å². The Morgan fingerprint density at radius 1 is 1.37 bits per heavy atom. The second-order valence-electron chi connectivity index (χ2n) is 8.76. The van der Waals surface area contributed by atoms with E-state index in [9.17, 15) is 9.90 Å². The number of ether oxygens (including phenoxy) is 1. The highest BCUT2D eigenvalue weighted by atomic mass is 35.5. The molecule has 1 aromatic carbocycles. The highest BCUT2D eigenvalue weighted by Crippen LogP contribution is 2.65. The van der Waals surface area contributed by atoms with Gasteiger partial charge in [-0.2, -0.15) is 0 Å². The molecule has 1 N–H and O–H groups in total. The van der Waals surface area contributed by atoms with Gasteiger partial charge in [0.2, 0.25) is 0 Å². The summed E-state index contributed by atoms with van der Waals surface area (Å²) in [6.07, 6.45) is 8.21. The molecule has 0 aliphatic heterocycles. The van der Waals surface area contributed by atoms with E-state index in [1.807, 2.05) is 19.1 Å². The normalized spacial score (nSPS) is 37.5. The minimum atomic E-state index is -0.738. The van der Waals surface area contributed by atoms with Gasteiger partial charge in [0.15, 0.2) is 5.60 Å². The van der Waals surface area contributed by atoms with Crippen LogP contribution in [0, 0.1) is 17.3 Å². The molecule has 1 saturated carbocycles. The first-order valence-corrected chi connectivity index (χ1v) is 10.6. The maximum absolute atomic E-state index is 11.9. The van der Waals surface area contributed by atoms with Crippen molar-refractivity contribution < 1.29 is 14.6 Å². The molecule has 0 bridgehead atoms. The number of carbonyl (C=O) groups is 1. The molecule has 1 fully saturated rings. The number of rotatable bonds is 2. The van der Waals surface area contributed by atoms with E-state index in [4.69, 9.17) is 16.3 Å². The molecule has 0 radical (unpaired) electrons. The van der Waals surface area contributed by atoms with E-state index in [0.29, 0.717) is 28.5 Å². The first kappa shape index (κ1) is 18.9. The van der Waals surface area contributed by atoms with Gasteiger partial charge in [-0.1, -0.05) is 30.7 Å². The number of phenolic OH excluding ortho intramolecular Hbond substituents is 1. The third-order valence-corrected chi connectivity index (χ3v) is 8.37. The summed E-state index contributed by atoms with van der Waals surface area (Å²) in [5.74, 6) is 1.64. The van der Waals surface area contributed by atoms with Crippen molar-refractivity contribution in [2.45, 2.75) is 70.8 Å². The lowest BCUT2D eigenvalue weighted by Gasteiger charge is -2.61. The second kappa shape index (κ2) is 6.55. The molecule has 3 aliphatic rings. The van der Waals surface area contributed by atoms with Crippen molar-refractivity contribution in [3.8, 4) is 5.75 Å². The van der Waals surface area contributed by atoms with Gasteiger partial charge in [-0.25, -0.2) is 0 Å². The zero-order chi connectivity index (χ0) is 19.4. The van der Waals surface area contributed by atoms with Crippen molar-refractivity contribution in [3.63, 3.8) is 0 Å². The molecule has 0 spiro atoms. The van der Waals surface area contributed by atoms with E-state index in [2.05, 4.69) is 19.1 Å². The molecule has 1 aromatic rings. The Labute approximate surface area is 166 Å². The van der Waals surface area contributed by atoms with Crippen LogP contribution in [0.3, 0.4) is 0 Å². The summed E-state index contributed by atoms with van der Waals surface area (Å²) in [5.41, 5.74) is 1.86. The fraction of sp³-hybridized carbons (Fsp3) is 0.609. The number of fused-ring (bicyclic) bond motifs is 5. The summed E-state index contributed by atoms with van der Waals surface area (Å²) in [7, 11) is 0. The number of benzene rings is 1. The van der Waals surface area contributed by atoms with Crippen molar-refractivity contribution in [3.05, 3.63) is 40.4 Å². The smallest absolute Gasteiger partial charge is 0.303 e. The average molecular weight is 389 g/mol. The van der Waals surface area contributed by atoms with Crippen molar-refractivity contribution >= 4 is 17.6 Å². The Kier molecular flexibility index (Phi) is 4.57. The van der Waals surface area contributed by atoms with Crippen LogP contribution in [0.2, 0.25) is 0 Å². The van der Waals surface area contributed by atoms with Crippen LogP contribution in [-0.2, 0) is 16.0 Å². The summed E-state index contributed by atoms with van der Waals surface area (Å²) >= 11 is 6.69. The Balaban J connectivity index is 1.77. The minimum absolute atomic E-state index is 0.111. The van der Waals surface area contributed by atoms with Crippen molar-refractivity contribution in [1.29, 1.82) is 0 Å². The first-order chi connectivity index (χ1) is 12.8. The number of allylic oxidation sites excluding steroid dienone is 1. The molecule has 0 amide bonds. The molecule has 0 heterocycles. The SMILES string of the molecule is CC[C@]12CC[C@@H]3c4ccc(O)cc4CC[C@H]3[C@@H]1CC=C(Cl)C2(C)OC(C)=O. The van der Waals surface area contributed by atoms with Crippen LogP contribution in [0.5, 0.6) is 5.75 Å². The Morgan fingerprint density at radius 2 is 2.15 bits per heavy atom. The molecule has 1 unspecified atom stereocenters. The van der Waals surface area contributed by atoms with Crippen LogP contribution in [0.1, 0.15) is 69.9 Å². The number of esters is 1. The van der Waals surface area contributed by atoms with Crippen LogP contribution in [0.4, 0.5) is 0 Å². The van der Waals surface area contributed by atoms with Gasteiger partial charge in [-0.15, -0.1) is 0 Å². The van der Waals surface area contributed by atoms with Gasteiger partial charge >= 0.3 is 5.97 Å². The van der Waals surface area contributed by atoms with Gasteiger partial charge in [0, 0.05) is 12.3 Å². The number of phenols is 1. The van der Waals surface area contributed by atoms with E-state index >= 15 is 0 Å². The highest BCUT2D eigenvalue weighted by Gasteiger charge is 2.62. The van der Waals surface area contributed by atoms with Crippen LogP contribution in [-0.4, -0.2) is 16.7 Å². The molecule has 3 aliphatic carbocycles. The van der Waals surface area contributed by atoms with Crippen LogP contribution >= 0.6 is 11.6 Å². The van der Waals surface area contributed by atoms with Gasteiger partial charge in [-0.05, 0) is 86.5 Å². The van der Waals surface area contributed by atoms with Gasteiger partial charge in [0.05, 0.1) is 5.03 Å². The van der Waals surface area contributed by atoms with E-state index < -0.39 is 5.60 Å². The van der Waals surface area contributed by atoms with Crippen molar-refractivity contribution in [2.75, 3.05) is 0 Å². The maximum atomic E-state index is 11.9. The second-order valence-corrected chi connectivity index (χ2v) is 9.17. The zero-order valence-electron chi connectivity index (χ0n) is 16.4. The molecule has 0 aromatic heterocycles. The van der Waals surface area contributed by atoms with Crippen molar-refractivity contribution in [1.82, 2.24) is 0 Å². The summed E-state index contributed by atoms with van der Waals surface area (Å²) in [6, 6.07) is 5.88. The topological polar surface area (TPSA) is 46.5 Å². The summed E-state index contributed by atoms with van der Waals surface area (Å²) in [5, 5.41) is 10.6. The summed E-state index contributed by atoms with van der Waals surface area (Å²) in [4.78, 5) is 11.9. The predicted octanol–water partition coefficient (Wildman–Crippen LogP) is 5.69. The van der Waals surface area contributed by atoms with Crippen LogP contribution in [0.25, 0.3) is 0 Å². The van der Waals surface area contributed by atoms with Gasteiger partial charge < -0.3 is 9.84 Å². The van der Waals surface area contributed by atoms with Gasteiger partial charge in [0.25, 0.3) is 0 Å². The number of aromatic hydroxyl groups is 1. The summed E-state index contributed by atoms with van der Waals surface area (Å²) in [6.45, 7) is 5.73. The number of aryl methyl sites for hydroxylation is 1. The maximum Gasteiger partial charge on any atom is 0.303 e. The molecule has 146 valence electrons. The zero-order valence-corrected chi connectivity index (χ0v) is 17.2. The number of halogens is 1. The quantitative estimate of drug-likeness (QED) is 0.661. The first-order valence-electron chi connectivity index (χ1n) is 10.2. The highest BCUT2D eigenvalue weighted by molar-refractivity contribution is 6.31. The van der Waals surface area contributed by atoms with Gasteiger partial charge in [-0.3, -0.25) is 4.79 Å². The lowest BCUT2D eigenvalue weighted by molar-refractivity contribution is -0.182. The van der Waals surface area contributed by atoms with Crippen LogP contribution in [0.15, 0.2) is 29.3 Å².